The molecule has 0 N–H and O–H groups in total. The largest absolute Gasteiger partial charge is 0.359 e. The Balaban J connectivity index is 2.26. The Morgan fingerprint density at radius 1 is 1.29 bits per heavy atom. The number of aryl methyl sites for hydroxylation is 2. The molecule has 1 aliphatic rings. The minimum absolute atomic E-state index is 0.0110. The van der Waals surface area contributed by atoms with Crippen molar-refractivity contribution in [1.82, 2.24) is 5.16 Å². The predicted molar refractivity (Wildman–Crippen MR) is 78.2 cm³/mol. The van der Waals surface area contributed by atoms with E-state index in [4.69, 9.17) is 9.26 Å². The summed E-state index contributed by atoms with van der Waals surface area (Å²) in [6.45, 7) is 5.77. The van der Waals surface area contributed by atoms with Crippen molar-refractivity contribution < 1.29 is 14.1 Å². The first-order valence-electron chi connectivity index (χ1n) is 6.88. The molecule has 0 radical (unpaired) electrons. The van der Waals surface area contributed by atoms with Gasteiger partial charge in [-0.1, -0.05) is 29.4 Å². The van der Waals surface area contributed by atoms with E-state index in [1.54, 1.807) is 18.9 Å². The first kappa shape index (κ1) is 13.8. The normalized spacial score (nSPS) is 22.1. The Morgan fingerprint density at radius 2 is 2.00 bits per heavy atom. The zero-order valence-electron chi connectivity index (χ0n) is 12.6. The Kier molecular flexibility index (Phi) is 3.10. The van der Waals surface area contributed by atoms with E-state index in [9.17, 15) is 4.79 Å². The van der Waals surface area contributed by atoms with Crippen LogP contribution in [0.3, 0.4) is 0 Å². The Hall–Kier alpha value is -2.14. The van der Waals surface area contributed by atoms with Crippen LogP contribution in [-0.4, -0.2) is 24.7 Å². The van der Waals surface area contributed by atoms with Crippen molar-refractivity contribution in [2.75, 3.05) is 18.6 Å². The van der Waals surface area contributed by atoms with Crippen molar-refractivity contribution >= 4 is 11.6 Å². The van der Waals surface area contributed by atoms with Gasteiger partial charge in [0.2, 0.25) is 0 Å². The average molecular weight is 286 g/mol. The lowest BCUT2D eigenvalue weighted by Crippen LogP contribution is -2.30. The molecule has 1 amide bonds. The molecule has 0 bridgehead atoms. The highest BCUT2D eigenvalue weighted by atomic mass is 16.5. The van der Waals surface area contributed by atoms with Crippen molar-refractivity contribution in [2.24, 2.45) is 0 Å². The van der Waals surface area contributed by atoms with E-state index in [-0.39, 0.29) is 12.5 Å². The second-order valence-electron chi connectivity index (χ2n) is 5.53. The molecule has 1 aromatic heterocycles. The number of rotatable bonds is 1. The molecular weight excluding hydrogens is 268 g/mol. The lowest BCUT2D eigenvalue weighted by atomic mass is 9.88. The van der Waals surface area contributed by atoms with Crippen molar-refractivity contribution in [3.8, 4) is 0 Å². The SMILES string of the molecule is Cc1ccccc1C1(C)OCC(=O)N(C)c2c1noc2C. The van der Waals surface area contributed by atoms with Crippen LogP contribution in [-0.2, 0) is 15.1 Å². The van der Waals surface area contributed by atoms with Crippen LogP contribution in [0.4, 0.5) is 5.69 Å². The van der Waals surface area contributed by atoms with Gasteiger partial charge in [-0.25, -0.2) is 0 Å². The molecule has 0 saturated carbocycles. The number of hydrogen-bond donors (Lipinski definition) is 0. The summed E-state index contributed by atoms with van der Waals surface area (Å²) < 4.78 is 11.3. The van der Waals surface area contributed by atoms with Crippen LogP contribution in [0.2, 0.25) is 0 Å². The maximum absolute atomic E-state index is 12.2. The highest BCUT2D eigenvalue weighted by Crippen LogP contribution is 2.42. The summed E-state index contributed by atoms with van der Waals surface area (Å²) in [5, 5.41) is 4.18. The number of hydrogen-bond acceptors (Lipinski definition) is 4. The first-order chi connectivity index (χ1) is 9.95. The van der Waals surface area contributed by atoms with Gasteiger partial charge in [-0.2, -0.15) is 0 Å². The number of anilines is 1. The average Bonchev–Trinajstić information content (AvgIpc) is 2.82. The van der Waals surface area contributed by atoms with Crippen LogP contribution in [0.15, 0.2) is 28.8 Å². The van der Waals surface area contributed by atoms with Gasteiger partial charge in [0.15, 0.2) is 5.76 Å². The zero-order valence-corrected chi connectivity index (χ0v) is 12.6. The Bertz CT molecular complexity index is 707. The molecule has 0 fully saturated rings. The fourth-order valence-electron chi connectivity index (χ4n) is 2.88. The van der Waals surface area contributed by atoms with Crippen LogP contribution in [0.25, 0.3) is 0 Å². The van der Waals surface area contributed by atoms with Crippen LogP contribution < -0.4 is 4.90 Å². The zero-order chi connectivity index (χ0) is 15.2. The third-order valence-electron chi connectivity index (χ3n) is 4.14. The molecule has 3 rings (SSSR count). The van der Waals surface area contributed by atoms with E-state index < -0.39 is 5.60 Å². The van der Waals surface area contributed by atoms with E-state index in [1.807, 2.05) is 38.1 Å². The number of fused-ring (bicyclic) bond motifs is 1. The summed E-state index contributed by atoms with van der Waals surface area (Å²) in [7, 11) is 1.72. The van der Waals surface area contributed by atoms with Crippen molar-refractivity contribution in [3.63, 3.8) is 0 Å². The summed E-state index contributed by atoms with van der Waals surface area (Å²) in [5.74, 6) is 0.506. The molecule has 2 heterocycles. The number of benzene rings is 1. The Morgan fingerprint density at radius 3 is 2.71 bits per heavy atom. The van der Waals surface area contributed by atoms with E-state index >= 15 is 0 Å². The van der Waals surface area contributed by atoms with Gasteiger partial charge < -0.3 is 14.2 Å². The molecule has 5 heteroatoms. The van der Waals surface area contributed by atoms with E-state index in [0.29, 0.717) is 17.1 Å². The number of amides is 1. The highest BCUT2D eigenvalue weighted by Gasteiger charge is 2.42. The predicted octanol–water partition coefficient (Wildman–Crippen LogP) is 2.55. The summed E-state index contributed by atoms with van der Waals surface area (Å²) >= 11 is 0. The Labute approximate surface area is 123 Å². The van der Waals surface area contributed by atoms with Crippen LogP contribution in [0, 0.1) is 13.8 Å². The summed E-state index contributed by atoms with van der Waals surface area (Å²) in [4.78, 5) is 13.7. The molecule has 0 aliphatic carbocycles. The van der Waals surface area contributed by atoms with Crippen molar-refractivity contribution in [1.29, 1.82) is 0 Å². The van der Waals surface area contributed by atoms with Gasteiger partial charge in [-0.15, -0.1) is 0 Å². The van der Waals surface area contributed by atoms with Gasteiger partial charge in [0.1, 0.15) is 23.6 Å². The standard InChI is InChI=1S/C16H18N2O3/c1-10-7-5-6-8-12(10)16(3)15-14(11(2)21-17-15)18(4)13(19)9-20-16/h5-8H,9H2,1-4H3. The van der Waals surface area contributed by atoms with E-state index in [1.165, 1.54) is 0 Å². The fraction of sp³-hybridized carbons (Fsp3) is 0.375. The minimum atomic E-state index is -0.807. The van der Waals surface area contributed by atoms with Crippen LogP contribution in [0.5, 0.6) is 0 Å². The molecule has 1 aromatic carbocycles. The summed E-state index contributed by atoms with van der Waals surface area (Å²) in [6, 6.07) is 7.96. The smallest absolute Gasteiger partial charge is 0.252 e. The molecule has 5 nitrogen and oxygen atoms in total. The lowest BCUT2D eigenvalue weighted by Gasteiger charge is -2.28. The summed E-state index contributed by atoms with van der Waals surface area (Å²) in [5.41, 5.74) is 2.61. The molecule has 0 saturated heterocycles. The quantitative estimate of drug-likeness (QED) is 0.808. The number of aromatic nitrogens is 1. The maximum atomic E-state index is 12.2. The molecular formula is C16H18N2O3. The minimum Gasteiger partial charge on any atom is -0.359 e. The van der Waals surface area contributed by atoms with Crippen LogP contribution >= 0.6 is 0 Å². The fourth-order valence-corrected chi connectivity index (χ4v) is 2.88. The van der Waals surface area contributed by atoms with E-state index in [2.05, 4.69) is 5.16 Å². The molecule has 1 aliphatic heterocycles. The van der Waals surface area contributed by atoms with Crippen molar-refractivity contribution in [3.05, 3.63) is 46.8 Å². The number of carbonyl (C=O) groups excluding carboxylic acids is 1. The monoisotopic (exact) mass is 286 g/mol. The van der Waals surface area contributed by atoms with Crippen molar-refractivity contribution in [2.45, 2.75) is 26.4 Å². The third-order valence-corrected chi connectivity index (χ3v) is 4.14. The maximum Gasteiger partial charge on any atom is 0.252 e. The second kappa shape index (κ2) is 4.70. The molecule has 21 heavy (non-hydrogen) atoms. The lowest BCUT2D eigenvalue weighted by molar-refractivity contribution is -0.126. The molecule has 1 unspecified atom stereocenters. The molecule has 110 valence electrons. The highest BCUT2D eigenvalue weighted by molar-refractivity contribution is 5.95. The van der Waals surface area contributed by atoms with Gasteiger partial charge in [-0.05, 0) is 31.9 Å². The summed E-state index contributed by atoms with van der Waals surface area (Å²) in [6.07, 6.45) is 0. The topological polar surface area (TPSA) is 55.6 Å². The first-order valence-corrected chi connectivity index (χ1v) is 6.88. The van der Waals surface area contributed by atoms with Gasteiger partial charge >= 0.3 is 0 Å². The van der Waals surface area contributed by atoms with Gasteiger partial charge in [0, 0.05) is 7.05 Å². The molecule has 0 spiro atoms. The molecule has 1 atom stereocenters. The third kappa shape index (κ3) is 1.96. The van der Waals surface area contributed by atoms with Gasteiger partial charge in [0.25, 0.3) is 5.91 Å². The molecule has 2 aromatic rings. The van der Waals surface area contributed by atoms with Gasteiger partial charge in [-0.3, -0.25) is 4.79 Å². The number of likely N-dealkylation sites (N-methyl/N-ethyl adjacent to an activating group) is 1. The number of nitrogens with zero attached hydrogens (tertiary/aromatic N) is 2. The van der Waals surface area contributed by atoms with E-state index in [0.717, 1.165) is 11.1 Å². The number of ether oxygens (including phenoxy) is 1. The second-order valence-corrected chi connectivity index (χ2v) is 5.53. The van der Waals surface area contributed by atoms with Gasteiger partial charge in [0.05, 0.1) is 0 Å². The number of carbonyl (C=O) groups is 1. The van der Waals surface area contributed by atoms with Crippen LogP contribution in [0.1, 0.15) is 29.5 Å².